The number of ether oxygens (including phenoxy) is 1. The van der Waals surface area contributed by atoms with E-state index in [0.717, 1.165) is 63.2 Å². The summed E-state index contributed by atoms with van der Waals surface area (Å²) in [6.45, 7) is 3.59. The Morgan fingerprint density at radius 3 is 2.67 bits per heavy atom. The van der Waals surface area contributed by atoms with Gasteiger partial charge < -0.3 is 10.5 Å². The summed E-state index contributed by atoms with van der Waals surface area (Å²) in [5.74, 6) is 3.67. The van der Waals surface area contributed by atoms with E-state index in [1.807, 2.05) is 11.8 Å². The van der Waals surface area contributed by atoms with E-state index >= 15 is 0 Å². The van der Waals surface area contributed by atoms with Crippen LogP contribution in [-0.4, -0.2) is 36.0 Å². The highest BCUT2D eigenvalue weighted by Gasteiger charge is 2.48. The third kappa shape index (κ3) is 3.04. The zero-order chi connectivity index (χ0) is 14.9. The van der Waals surface area contributed by atoms with Crippen molar-refractivity contribution in [3.8, 4) is 0 Å². The zero-order valence-electron chi connectivity index (χ0n) is 13.2. The Morgan fingerprint density at radius 1 is 1.29 bits per heavy atom. The first-order valence-electron chi connectivity index (χ1n) is 8.55. The van der Waals surface area contributed by atoms with Crippen LogP contribution in [0.25, 0.3) is 0 Å². The fourth-order valence-corrected chi connectivity index (χ4v) is 5.79. The summed E-state index contributed by atoms with van der Waals surface area (Å²) in [6.07, 6.45) is 7.29. The van der Waals surface area contributed by atoms with Crippen molar-refractivity contribution in [2.75, 3.05) is 24.7 Å². The largest absolute Gasteiger partial charge is 0.374 e. The van der Waals surface area contributed by atoms with Crippen molar-refractivity contribution in [1.29, 1.82) is 0 Å². The Labute approximate surface area is 132 Å². The molecule has 2 heterocycles. The molecule has 0 aromatic rings. The van der Waals surface area contributed by atoms with E-state index < -0.39 is 0 Å². The molecule has 120 valence electrons. The van der Waals surface area contributed by atoms with E-state index in [4.69, 9.17) is 10.5 Å². The Balaban J connectivity index is 1.71. The fourth-order valence-electron chi connectivity index (χ4n) is 4.41. The first-order valence-corrected chi connectivity index (χ1v) is 9.71. The summed E-state index contributed by atoms with van der Waals surface area (Å²) in [5.41, 5.74) is 5.86. The monoisotopic (exact) mass is 311 g/mol. The predicted octanol–water partition coefficient (Wildman–Crippen LogP) is 3.01. The lowest BCUT2D eigenvalue weighted by Crippen LogP contribution is -2.49. The summed E-state index contributed by atoms with van der Waals surface area (Å²) in [7, 11) is 0. The van der Waals surface area contributed by atoms with Gasteiger partial charge in [0.1, 0.15) is 5.78 Å². The van der Waals surface area contributed by atoms with E-state index in [1.165, 1.54) is 5.75 Å². The Bertz CT molecular complexity index is 384. The molecule has 0 aromatic carbocycles. The number of ketones is 1. The van der Waals surface area contributed by atoms with Crippen LogP contribution >= 0.6 is 11.8 Å². The standard InChI is InChI=1S/C17H29NO2S/c1-13-2-5-16(11-18,6-3-13)15(19)14-4-8-20-17(10-14)7-9-21-12-17/h13-14H,2-12,18H2,1H3. The summed E-state index contributed by atoms with van der Waals surface area (Å²) < 4.78 is 6.07. The molecule has 21 heavy (non-hydrogen) atoms. The molecule has 4 heteroatoms. The first-order chi connectivity index (χ1) is 10.1. The lowest BCUT2D eigenvalue weighted by molar-refractivity contribution is -0.145. The second kappa shape index (κ2) is 6.21. The highest BCUT2D eigenvalue weighted by atomic mass is 32.2. The molecular weight excluding hydrogens is 282 g/mol. The quantitative estimate of drug-likeness (QED) is 0.870. The number of thioether (sulfide) groups is 1. The van der Waals surface area contributed by atoms with E-state index in [9.17, 15) is 4.79 Å². The molecule has 1 spiro atoms. The number of Topliss-reactive ketones (excluding diaryl/α,β-unsaturated/α-hetero) is 1. The lowest BCUT2D eigenvalue weighted by Gasteiger charge is -2.43. The molecule has 3 nitrogen and oxygen atoms in total. The van der Waals surface area contributed by atoms with Crippen LogP contribution < -0.4 is 5.73 Å². The molecule has 1 saturated carbocycles. The summed E-state index contributed by atoms with van der Waals surface area (Å²) in [4.78, 5) is 13.2. The number of nitrogens with two attached hydrogens (primary N) is 1. The molecule has 2 aliphatic heterocycles. The Hall–Kier alpha value is -0.0600. The van der Waals surface area contributed by atoms with Gasteiger partial charge in [0.05, 0.1) is 5.60 Å². The van der Waals surface area contributed by atoms with Crippen molar-refractivity contribution in [3.63, 3.8) is 0 Å². The van der Waals surface area contributed by atoms with Crippen LogP contribution in [0.1, 0.15) is 51.9 Å². The maximum Gasteiger partial charge on any atom is 0.143 e. The average molecular weight is 311 g/mol. The average Bonchev–Trinajstić information content (AvgIpc) is 2.95. The SMILES string of the molecule is CC1CCC(CN)(C(=O)C2CCOC3(CCSC3)C2)CC1. The molecular formula is C17H29NO2S. The lowest BCUT2D eigenvalue weighted by atomic mass is 9.64. The van der Waals surface area contributed by atoms with Gasteiger partial charge in [-0.05, 0) is 56.6 Å². The maximum absolute atomic E-state index is 13.2. The van der Waals surface area contributed by atoms with E-state index in [-0.39, 0.29) is 16.9 Å². The molecule has 2 N–H and O–H groups in total. The molecule has 0 amide bonds. The van der Waals surface area contributed by atoms with Gasteiger partial charge in [0.25, 0.3) is 0 Å². The normalized spacial score (nSPS) is 44.1. The van der Waals surface area contributed by atoms with Gasteiger partial charge in [-0.25, -0.2) is 0 Å². The molecule has 0 radical (unpaired) electrons. The summed E-state index contributed by atoms with van der Waals surface area (Å²) in [5, 5.41) is 0. The minimum atomic E-state index is -0.221. The zero-order valence-corrected chi connectivity index (χ0v) is 14.1. The Kier molecular flexibility index (Phi) is 4.68. The summed E-state index contributed by atoms with van der Waals surface area (Å²) >= 11 is 1.97. The molecule has 3 aliphatic rings. The Morgan fingerprint density at radius 2 is 2.05 bits per heavy atom. The molecule has 0 bridgehead atoms. The minimum Gasteiger partial charge on any atom is -0.374 e. The molecule has 2 saturated heterocycles. The van der Waals surface area contributed by atoms with Crippen LogP contribution in [0.4, 0.5) is 0 Å². The van der Waals surface area contributed by atoms with Crippen molar-refractivity contribution in [1.82, 2.24) is 0 Å². The molecule has 0 aromatic heterocycles. The highest BCUT2D eigenvalue weighted by molar-refractivity contribution is 7.99. The van der Waals surface area contributed by atoms with Gasteiger partial charge in [-0.3, -0.25) is 4.79 Å². The smallest absolute Gasteiger partial charge is 0.143 e. The van der Waals surface area contributed by atoms with Gasteiger partial charge in [-0.2, -0.15) is 11.8 Å². The van der Waals surface area contributed by atoms with Gasteiger partial charge in [0.15, 0.2) is 0 Å². The minimum absolute atomic E-state index is 0.000982. The molecule has 2 atom stereocenters. The number of hydrogen-bond donors (Lipinski definition) is 1. The molecule has 3 fully saturated rings. The van der Waals surface area contributed by atoms with Gasteiger partial charge in [-0.1, -0.05) is 6.92 Å². The second-order valence-electron chi connectivity index (χ2n) is 7.56. The topological polar surface area (TPSA) is 52.3 Å². The molecule has 3 rings (SSSR count). The van der Waals surface area contributed by atoms with Gasteiger partial charge >= 0.3 is 0 Å². The number of hydrogen-bond acceptors (Lipinski definition) is 4. The van der Waals surface area contributed by atoms with Gasteiger partial charge in [0, 0.05) is 30.2 Å². The van der Waals surface area contributed by atoms with E-state index in [1.54, 1.807) is 0 Å². The van der Waals surface area contributed by atoms with Crippen molar-refractivity contribution >= 4 is 17.5 Å². The van der Waals surface area contributed by atoms with Crippen LogP contribution in [0.15, 0.2) is 0 Å². The number of rotatable bonds is 3. The van der Waals surface area contributed by atoms with E-state index in [2.05, 4.69) is 6.92 Å². The maximum atomic E-state index is 13.2. The van der Waals surface area contributed by atoms with Crippen LogP contribution in [0, 0.1) is 17.3 Å². The van der Waals surface area contributed by atoms with E-state index in [0.29, 0.717) is 12.3 Å². The molecule has 1 aliphatic carbocycles. The van der Waals surface area contributed by atoms with Crippen LogP contribution in [0.3, 0.4) is 0 Å². The van der Waals surface area contributed by atoms with Crippen LogP contribution in [0.2, 0.25) is 0 Å². The van der Waals surface area contributed by atoms with Gasteiger partial charge in [0.2, 0.25) is 0 Å². The third-order valence-electron chi connectivity index (χ3n) is 6.08. The van der Waals surface area contributed by atoms with Crippen molar-refractivity contribution < 1.29 is 9.53 Å². The van der Waals surface area contributed by atoms with Crippen LogP contribution in [0.5, 0.6) is 0 Å². The van der Waals surface area contributed by atoms with Crippen molar-refractivity contribution in [3.05, 3.63) is 0 Å². The second-order valence-corrected chi connectivity index (χ2v) is 8.66. The fraction of sp³-hybridized carbons (Fsp3) is 0.941. The van der Waals surface area contributed by atoms with Crippen molar-refractivity contribution in [2.24, 2.45) is 23.0 Å². The summed E-state index contributed by atoms with van der Waals surface area (Å²) in [6, 6.07) is 0. The van der Waals surface area contributed by atoms with Gasteiger partial charge in [-0.15, -0.1) is 0 Å². The number of carbonyl (C=O) groups is 1. The third-order valence-corrected chi connectivity index (χ3v) is 7.30. The van der Waals surface area contributed by atoms with Crippen molar-refractivity contribution in [2.45, 2.75) is 57.5 Å². The first kappa shape index (κ1) is 15.8. The van der Waals surface area contributed by atoms with Crippen LogP contribution in [-0.2, 0) is 9.53 Å². The molecule has 2 unspecified atom stereocenters. The highest BCUT2D eigenvalue weighted by Crippen LogP contribution is 2.46. The predicted molar refractivity (Wildman–Crippen MR) is 87.5 cm³/mol. The number of carbonyl (C=O) groups excluding carboxylic acids is 1.